The van der Waals surface area contributed by atoms with Crippen molar-refractivity contribution in [1.29, 1.82) is 0 Å². The number of amides is 1. The van der Waals surface area contributed by atoms with Crippen LogP contribution in [0.15, 0.2) is 24.4 Å². The normalized spacial score (nSPS) is 17.2. The molecular formula is C15H23N3O2. The van der Waals surface area contributed by atoms with Crippen molar-refractivity contribution in [3.05, 3.63) is 30.1 Å². The summed E-state index contributed by atoms with van der Waals surface area (Å²) in [4.78, 5) is 20.4. The second-order valence-corrected chi connectivity index (χ2v) is 5.97. The molecule has 1 aromatic rings. The average molecular weight is 277 g/mol. The van der Waals surface area contributed by atoms with E-state index in [2.05, 4.69) is 9.88 Å². The molecule has 1 aliphatic rings. The van der Waals surface area contributed by atoms with E-state index >= 15 is 0 Å². The number of hydrogen-bond acceptors (Lipinski definition) is 4. The fourth-order valence-electron chi connectivity index (χ4n) is 2.47. The largest absolute Gasteiger partial charge is 0.389 e. The summed E-state index contributed by atoms with van der Waals surface area (Å²) >= 11 is 0. The zero-order valence-electron chi connectivity index (χ0n) is 12.2. The first-order valence-corrected chi connectivity index (χ1v) is 7.06. The molecule has 1 fully saturated rings. The van der Waals surface area contributed by atoms with Gasteiger partial charge in [0.25, 0.3) is 0 Å². The maximum absolute atomic E-state index is 12.2. The van der Waals surface area contributed by atoms with Crippen LogP contribution in [0.1, 0.15) is 19.5 Å². The van der Waals surface area contributed by atoms with Gasteiger partial charge < -0.3 is 10.0 Å². The molecule has 0 bridgehead atoms. The van der Waals surface area contributed by atoms with E-state index in [1.165, 1.54) is 0 Å². The predicted molar refractivity (Wildman–Crippen MR) is 77.3 cm³/mol. The van der Waals surface area contributed by atoms with Crippen molar-refractivity contribution in [2.45, 2.75) is 25.9 Å². The smallest absolute Gasteiger partial charge is 0.228 e. The van der Waals surface area contributed by atoms with Crippen LogP contribution in [0.5, 0.6) is 0 Å². The van der Waals surface area contributed by atoms with Gasteiger partial charge in [-0.2, -0.15) is 0 Å². The number of pyridine rings is 1. The minimum Gasteiger partial charge on any atom is -0.389 e. The van der Waals surface area contributed by atoms with E-state index in [4.69, 9.17) is 0 Å². The molecule has 1 aliphatic heterocycles. The molecule has 0 aromatic carbocycles. The van der Waals surface area contributed by atoms with Crippen LogP contribution < -0.4 is 0 Å². The molecular weight excluding hydrogens is 254 g/mol. The Kier molecular flexibility index (Phi) is 4.73. The summed E-state index contributed by atoms with van der Waals surface area (Å²) in [5.74, 6) is 0.131. The Morgan fingerprint density at radius 1 is 1.30 bits per heavy atom. The van der Waals surface area contributed by atoms with E-state index in [-0.39, 0.29) is 5.91 Å². The highest BCUT2D eigenvalue weighted by Crippen LogP contribution is 2.09. The van der Waals surface area contributed by atoms with E-state index in [0.29, 0.717) is 13.0 Å². The molecule has 5 heteroatoms. The van der Waals surface area contributed by atoms with Crippen LogP contribution in [0.4, 0.5) is 0 Å². The fourth-order valence-corrected chi connectivity index (χ4v) is 2.47. The molecule has 1 amide bonds. The van der Waals surface area contributed by atoms with E-state index < -0.39 is 5.60 Å². The van der Waals surface area contributed by atoms with Gasteiger partial charge in [0, 0.05) is 44.6 Å². The maximum Gasteiger partial charge on any atom is 0.228 e. The van der Waals surface area contributed by atoms with Crippen molar-refractivity contribution < 1.29 is 9.90 Å². The first kappa shape index (κ1) is 14.9. The van der Waals surface area contributed by atoms with Crippen molar-refractivity contribution in [1.82, 2.24) is 14.8 Å². The summed E-state index contributed by atoms with van der Waals surface area (Å²) in [6.07, 6.45) is 2.08. The number of carbonyl (C=O) groups is 1. The first-order chi connectivity index (χ1) is 9.44. The monoisotopic (exact) mass is 277 g/mol. The maximum atomic E-state index is 12.2. The van der Waals surface area contributed by atoms with Gasteiger partial charge in [-0.05, 0) is 26.0 Å². The summed E-state index contributed by atoms with van der Waals surface area (Å²) in [5.41, 5.74) is 0.136. The topological polar surface area (TPSA) is 56.7 Å². The molecule has 110 valence electrons. The van der Waals surface area contributed by atoms with Crippen LogP contribution in [0.25, 0.3) is 0 Å². The average Bonchev–Trinajstić information content (AvgIpc) is 2.39. The van der Waals surface area contributed by atoms with Crippen molar-refractivity contribution in [3.8, 4) is 0 Å². The third kappa shape index (κ3) is 4.58. The van der Waals surface area contributed by atoms with Gasteiger partial charge in [0.15, 0.2) is 0 Å². The SMILES string of the molecule is CC(C)(O)CN1CCN(C(=O)Cc2ccccn2)CC1. The second-order valence-electron chi connectivity index (χ2n) is 5.97. The number of aromatic nitrogens is 1. The molecule has 1 saturated heterocycles. The van der Waals surface area contributed by atoms with Crippen LogP contribution >= 0.6 is 0 Å². The summed E-state index contributed by atoms with van der Waals surface area (Å²) in [6.45, 7) is 7.35. The van der Waals surface area contributed by atoms with E-state index in [0.717, 1.165) is 31.9 Å². The van der Waals surface area contributed by atoms with E-state index in [1.807, 2.05) is 36.9 Å². The Morgan fingerprint density at radius 2 is 2.00 bits per heavy atom. The Balaban J connectivity index is 1.80. The number of piperazine rings is 1. The minimum atomic E-state index is -0.680. The molecule has 20 heavy (non-hydrogen) atoms. The number of β-amino-alcohol motifs (C(OH)–C–C–N with tert-alkyl or cyclic N) is 1. The van der Waals surface area contributed by atoms with Gasteiger partial charge in [0.2, 0.25) is 5.91 Å². The highest BCUT2D eigenvalue weighted by atomic mass is 16.3. The Morgan fingerprint density at radius 3 is 2.55 bits per heavy atom. The summed E-state index contributed by atoms with van der Waals surface area (Å²) in [6, 6.07) is 5.63. The number of nitrogens with zero attached hydrogens (tertiary/aromatic N) is 3. The van der Waals surface area contributed by atoms with Crippen LogP contribution in [0, 0.1) is 0 Å². The highest BCUT2D eigenvalue weighted by Gasteiger charge is 2.24. The van der Waals surface area contributed by atoms with Gasteiger partial charge in [-0.3, -0.25) is 14.7 Å². The van der Waals surface area contributed by atoms with Crippen LogP contribution in [0.2, 0.25) is 0 Å². The van der Waals surface area contributed by atoms with Gasteiger partial charge in [-0.15, -0.1) is 0 Å². The van der Waals surface area contributed by atoms with Crippen LogP contribution in [0.3, 0.4) is 0 Å². The second kappa shape index (κ2) is 6.33. The third-order valence-corrected chi connectivity index (χ3v) is 3.39. The number of hydrogen-bond donors (Lipinski definition) is 1. The molecule has 0 radical (unpaired) electrons. The Hall–Kier alpha value is -1.46. The molecule has 1 N–H and O–H groups in total. The van der Waals surface area contributed by atoms with Gasteiger partial charge in [-0.25, -0.2) is 0 Å². The molecule has 0 atom stereocenters. The quantitative estimate of drug-likeness (QED) is 0.873. The molecule has 0 aliphatic carbocycles. The zero-order valence-corrected chi connectivity index (χ0v) is 12.2. The van der Waals surface area contributed by atoms with Crippen molar-refractivity contribution in [2.24, 2.45) is 0 Å². The summed E-state index contributed by atoms with van der Waals surface area (Å²) in [7, 11) is 0. The lowest BCUT2D eigenvalue weighted by Gasteiger charge is -2.37. The fraction of sp³-hybridized carbons (Fsp3) is 0.600. The van der Waals surface area contributed by atoms with Gasteiger partial charge in [0.05, 0.1) is 12.0 Å². The van der Waals surface area contributed by atoms with Crippen molar-refractivity contribution in [3.63, 3.8) is 0 Å². The lowest BCUT2D eigenvalue weighted by atomic mass is 10.1. The Bertz CT molecular complexity index is 434. The third-order valence-electron chi connectivity index (χ3n) is 3.39. The van der Waals surface area contributed by atoms with Crippen LogP contribution in [-0.2, 0) is 11.2 Å². The minimum absolute atomic E-state index is 0.131. The summed E-state index contributed by atoms with van der Waals surface area (Å²) in [5, 5.41) is 9.81. The standard InChI is InChI=1S/C15H23N3O2/c1-15(2,20)12-17-7-9-18(10-8-17)14(19)11-13-5-3-4-6-16-13/h3-6,20H,7-12H2,1-2H3. The van der Waals surface area contributed by atoms with Gasteiger partial charge in [0.1, 0.15) is 0 Å². The first-order valence-electron chi connectivity index (χ1n) is 7.06. The molecule has 0 unspecified atom stereocenters. The van der Waals surface area contributed by atoms with Gasteiger partial charge in [-0.1, -0.05) is 6.07 Å². The zero-order chi connectivity index (χ0) is 14.6. The molecule has 5 nitrogen and oxygen atoms in total. The number of carbonyl (C=O) groups excluding carboxylic acids is 1. The lowest BCUT2D eigenvalue weighted by molar-refractivity contribution is -0.132. The van der Waals surface area contributed by atoms with Crippen molar-refractivity contribution >= 4 is 5.91 Å². The number of aliphatic hydroxyl groups is 1. The number of rotatable bonds is 4. The van der Waals surface area contributed by atoms with E-state index in [9.17, 15) is 9.90 Å². The summed E-state index contributed by atoms with van der Waals surface area (Å²) < 4.78 is 0. The Labute approximate surface area is 120 Å². The van der Waals surface area contributed by atoms with Gasteiger partial charge >= 0.3 is 0 Å². The molecule has 2 heterocycles. The predicted octanol–water partition coefficient (Wildman–Crippen LogP) is 0.539. The van der Waals surface area contributed by atoms with Crippen LogP contribution in [-0.4, -0.2) is 64.1 Å². The lowest BCUT2D eigenvalue weighted by Crippen LogP contribution is -2.52. The molecule has 0 saturated carbocycles. The highest BCUT2D eigenvalue weighted by molar-refractivity contribution is 5.78. The molecule has 2 rings (SSSR count). The molecule has 1 aromatic heterocycles. The molecule has 0 spiro atoms. The van der Waals surface area contributed by atoms with E-state index in [1.54, 1.807) is 6.20 Å². The van der Waals surface area contributed by atoms with Crippen molar-refractivity contribution in [2.75, 3.05) is 32.7 Å².